The third-order valence-corrected chi connectivity index (χ3v) is 4.63. The number of carbonyl (C=O) groups is 1. The van der Waals surface area contributed by atoms with Gasteiger partial charge < -0.3 is 15.5 Å². The zero-order chi connectivity index (χ0) is 18.5. The van der Waals surface area contributed by atoms with Crippen LogP contribution in [-0.2, 0) is 6.54 Å². The summed E-state index contributed by atoms with van der Waals surface area (Å²) in [5.41, 5.74) is 1.09. The second kappa shape index (κ2) is 8.25. The van der Waals surface area contributed by atoms with E-state index in [0.717, 1.165) is 12.0 Å². The molecular weight excluding hydrogens is 337 g/mol. The van der Waals surface area contributed by atoms with Gasteiger partial charge >= 0.3 is 5.97 Å². The average molecular weight is 359 g/mol. The number of aliphatic hydroxyl groups excluding tert-OH is 1. The van der Waals surface area contributed by atoms with E-state index in [1.807, 2.05) is 12.2 Å². The Kier molecular flexibility index (Phi) is 5.80. The SMILES string of the molecule is O=C(O)c1cnn(CC2C[C@@H](O)[C@H](NC/C=C/c3ccc(F)cc3)C2)c1. The van der Waals surface area contributed by atoms with Crippen molar-refractivity contribution in [1.82, 2.24) is 15.1 Å². The van der Waals surface area contributed by atoms with Gasteiger partial charge in [0, 0.05) is 25.3 Å². The third kappa shape index (κ3) is 4.77. The standard InChI is InChI=1S/C19H22FN3O3/c20-16-5-3-13(4-6-16)2-1-7-21-17-8-14(9-18(17)24)11-23-12-15(10-22-23)19(25)26/h1-6,10,12,14,17-18,21,24H,7-9,11H2,(H,25,26)/b2-1+/t14?,17-,18-/m1/s1. The molecule has 3 rings (SSSR count). The minimum atomic E-state index is -0.991. The van der Waals surface area contributed by atoms with Crippen LogP contribution < -0.4 is 5.32 Å². The molecule has 0 aliphatic heterocycles. The quantitative estimate of drug-likeness (QED) is 0.705. The maximum Gasteiger partial charge on any atom is 0.338 e. The third-order valence-electron chi connectivity index (χ3n) is 4.63. The normalized spacial score (nSPS) is 22.9. The highest BCUT2D eigenvalue weighted by molar-refractivity contribution is 5.86. The van der Waals surface area contributed by atoms with Crippen LogP contribution in [0.3, 0.4) is 0 Å². The molecule has 7 heteroatoms. The topological polar surface area (TPSA) is 87.4 Å². The first-order valence-electron chi connectivity index (χ1n) is 8.60. The van der Waals surface area contributed by atoms with Crippen molar-refractivity contribution in [2.75, 3.05) is 6.54 Å². The molecule has 0 spiro atoms. The van der Waals surface area contributed by atoms with Gasteiger partial charge in [-0.15, -0.1) is 0 Å². The molecule has 1 aliphatic carbocycles. The van der Waals surface area contributed by atoms with Crippen molar-refractivity contribution < 1.29 is 19.4 Å². The van der Waals surface area contributed by atoms with Crippen LogP contribution in [0.15, 0.2) is 42.7 Å². The Labute approximate surface area is 151 Å². The lowest BCUT2D eigenvalue weighted by molar-refractivity contribution is 0.0696. The van der Waals surface area contributed by atoms with Gasteiger partial charge in [0.05, 0.1) is 17.9 Å². The van der Waals surface area contributed by atoms with E-state index in [9.17, 15) is 14.3 Å². The van der Waals surface area contributed by atoms with E-state index in [4.69, 9.17) is 5.11 Å². The lowest BCUT2D eigenvalue weighted by Gasteiger charge is -2.14. The van der Waals surface area contributed by atoms with Gasteiger partial charge in [0.25, 0.3) is 0 Å². The Morgan fingerprint density at radius 2 is 2.12 bits per heavy atom. The fourth-order valence-corrected chi connectivity index (χ4v) is 3.31. The van der Waals surface area contributed by atoms with Crippen LogP contribution in [0.2, 0.25) is 0 Å². The van der Waals surface area contributed by atoms with Crippen molar-refractivity contribution >= 4 is 12.0 Å². The van der Waals surface area contributed by atoms with Crippen LogP contribution in [-0.4, -0.2) is 44.7 Å². The van der Waals surface area contributed by atoms with E-state index >= 15 is 0 Å². The maximum atomic E-state index is 12.9. The summed E-state index contributed by atoms with van der Waals surface area (Å²) in [6.45, 7) is 1.20. The summed E-state index contributed by atoms with van der Waals surface area (Å²) in [5, 5.41) is 26.5. The summed E-state index contributed by atoms with van der Waals surface area (Å²) in [7, 11) is 0. The van der Waals surface area contributed by atoms with Gasteiger partial charge in [0.2, 0.25) is 0 Å². The van der Waals surface area contributed by atoms with Gasteiger partial charge in [0.15, 0.2) is 0 Å². The molecule has 0 amide bonds. The van der Waals surface area contributed by atoms with Gasteiger partial charge in [-0.25, -0.2) is 9.18 Å². The molecule has 1 aliphatic rings. The highest BCUT2D eigenvalue weighted by Gasteiger charge is 2.32. The lowest BCUT2D eigenvalue weighted by atomic mass is 10.1. The number of rotatable bonds is 7. The van der Waals surface area contributed by atoms with Gasteiger partial charge in [-0.05, 0) is 36.5 Å². The van der Waals surface area contributed by atoms with Gasteiger partial charge in [-0.2, -0.15) is 5.10 Å². The van der Waals surface area contributed by atoms with E-state index in [0.29, 0.717) is 19.5 Å². The molecule has 26 heavy (non-hydrogen) atoms. The number of nitrogens with one attached hydrogen (secondary N) is 1. The van der Waals surface area contributed by atoms with Crippen LogP contribution in [0, 0.1) is 11.7 Å². The molecule has 6 nitrogen and oxygen atoms in total. The fraction of sp³-hybridized carbons (Fsp3) is 0.368. The van der Waals surface area contributed by atoms with Crippen LogP contribution in [0.5, 0.6) is 0 Å². The molecular formula is C19H22FN3O3. The first-order chi connectivity index (χ1) is 12.5. The van der Waals surface area contributed by atoms with E-state index < -0.39 is 12.1 Å². The summed E-state index contributed by atoms with van der Waals surface area (Å²) in [4.78, 5) is 10.9. The Bertz CT molecular complexity index is 773. The van der Waals surface area contributed by atoms with E-state index in [-0.39, 0.29) is 23.3 Å². The first kappa shape index (κ1) is 18.3. The zero-order valence-corrected chi connectivity index (χ0v) is 14.3. The zero-order valence-electron chi connectivity index (χ0n) is 14.3. The Morgan fingerprint density at radius 3 is 2.81 bits per heavy atom. The van der Waals surface area contributed by atoms with Crippen molar-refractivity contribution in [2.24, 2.45) is 5.92 Å². The number of hydrogen-bond donors (Lipinski definition) is 3. The second-order valence-corrected chi connectivity index (χ2v) is 6.63. The van der Waals surface area contributed by atoms with E-state index in [1.54, 1.807) is 16.8 Å². The highest BCUT2D eigenvalue weighted by atomic mass is 19.1. The molecule has 1 aromatic heterocycles. The van der Waals surface area contributed by atoms with Crippen LogP contribution >= 0.6 is 0 Å². The van der Waals surface area contributed by atoms with E-state index in [2.05, 4.69) is 10.4 Å². The number of aromatic carboxylic acids is 1. The minimum Gasteiger partial charge on any atom is -0.478 e. The molecule has 3 atom stereocenters. The Hall–Kier alpha value is -2.51. The maximum absolute atomic E-state index is 12.9. The van der Waals surface area contributed by atoms with Crippen molar-refractivity contribution in [1.29, 1.82) is 0 Å². The number of aliphatic hydroxyl groups is 1. The molecule has 0 bridgehead atoms. The van der Waals surface area contributed by atoms with Crippen molar-refractivity contribution in [3.63, 3.8) is 0 Å². The van der Waals surface area contributed by atoms with Gasteiger partial charge in [-0.1, -0.05) is 24.3 Å². The van der Waals surface area contributed by atoms with Gasteiger partial charge in [-0.3, -0.25) is 4.68 Å². The smallest absolute Gasteiger partial charge is 0.338 e. The molecule has 1 saturated carbocycles. The number of benzene rings is 1. The average Bonchev–Trinajstić information content (AvgIpc) is 3.20. The molecule has 1 aromatic carbocycles. The predicted octanol–water partition coefficient (Wildman–Crippen LogP) is 2.16. The number of carboxylic acid groups (broad SMARTS) is 1. The predicted molar refractivity (Wildman–Crippen MR) is 95.1 cm³/mol. The molecule has 0 saturated heterocycles. The molecule has 0 radical (unpaired) electrons. The Balaban J connectivity index is 1.46. The molecule has 1 fully saturated rings. The number of hydrogen-bond acceptors (Lipinski definition) is 4. The van der Waals surface area contributed by atoms with Crippen molar-refractivity contribution in [3.05, 3.63) is 59.7 Å². The lowest BCUT2D eigenvalue weighted by Crippen LogP contribution is -2.35. The molecule has 1 heterocycles. The molecule has 3 N–H and O–H groups in total. The fourth-order valence-electron chi connectivity index (χ4n) is 3.31. The monoisotopic (exact) mass is 359 g/mol. The molecule has 1 unspecified atom stereocenters. The molecule has 138 valence electrons. The van der Waals surface area contributed by atoms with Crippen molar-refractivity contribution in [3.8, 4) is 0 Å². The van der Waals surface area contributed by atoms with Gasteiger partial charge in [0.1, 0.15) is 5.82 Å². The van der Waals surface area contributed by atoms with E-state index in [1.165, 1.54) is 24.5 Å². The summed E-state index contributed by atoms with van der Waals surface area (Å²) in [5.74, 6) is -1.01. The van der Waals surface area contributed by atoms with Crippen LogP contribution in [0.4, 0.5) is 4.39 Å². The number of aromatic nitrogens is 2. The Morgan fingerprint density at radius 1 is 1.35 bits per heavy atom. The number of nitrogens with zero attached hydrogens (tertiary/aromatic N) is 2. The van der Waals surface area contributed by atoms with Crippen LogP contribution in [0.1, 0.15) is 28.8 Å². The largest absolute Gasteiger partial charge is 0.478 e. The summed E-state index contributed by atoms with van der Waals surface area (Å²) >= 11 is 0. The van der Waals surface area contributed by atoms with Crippen LogP contribution in [0.25, 0.3) is 6.08 Å². The van der Waals surface area contributed by atoms with Crippen molar-refractivity contribution in [2.45, 2.75) is 31.5 Å². The molecule has 2 aromatic rings. The minimum absolute atomic E-state index is 0.00706. The number of carboxylic acids is 1. The second-order valence-electron chi connectivity index (χ2n) is 6.63. The summed E-state index contributed by atoms with van der Waals surface area (Å²) < 4.78 is 14.5. The number of halogens is 1. The highest BCUT2D eigenvalue weighted by Crippen LogP contribution is 2.27. The first-order valence-corrected chi connectivity index (χ1v) is 8.60. The summed E-state index contributed by atoms with van der Waals surface area (Å²) in [6.07, 6.45) is 7.72. The summed E-state index contributed by atoms with van der Waals surface area (Å²) in [6, 6.07) is 6.25.